The van der Waals surface area contributed by atoms with Crippen molar-refractivity contribution in [2.75, 3.05) is 18.6 Å². The Morgan fingerprint density at radius 1 is 1.14 bits per heavy atom. The van der Waals surface area contributed by atoms with Crippen LogP contribution in [0.15, 0.2) is 48.5 Å². The first-order chi connectivity index (χ1) is 13.5. The lowest BCUT2D eigenvalue weighted by molar-refractivity contribution is -0.126. The van der Waals surface area contributed by atoms with Gasteiger partial charge in [0.25, 0.3) is 5.91 Å². The van der Waals surface area contributed by atoms with Crippen molar-refractivity contribution in [3.63, 3.8) is 0 Å². The van der Waals surface area contributed by atoms with E-state index in [0.29, 0.717) is 11.3 Å². The van der Waals surface area contributed by atoms with Gasteiger partial charge in [-0.1, -0.05) is 25.1 Å². The summed E-state index contributed by atoms with van der Waals surface area (Å²) >= 11 is 0. The van der Waals surface area contributed by atoms with Crippen LogP contribution in [0.5, 0.6) is 5.75 Å². The van der Waals surface area contributed by atoms with Crippen molar-refractivity contribution >= 4 is 23.4 Å². The second-order valence-corrected chi connectivity index (χ2v) is 6.60. The van der Waals surface area contributed by atoms with E-state index in [1.807, 2.05) is 24.3 Å². The largest absolute Gasteiger partial charge is 0.497 e. The van der Waals surface area contributed by atoms with Crippen LogP contribution in [0.1, 0.15) is 29.3 Å². The van der Waals surface area contributed by atoms with Gasteiger partial charge in [-0.25, -0.2) is 0 Å². The van der Waals surface area contributed by atoms with Crippen LogP contribution in [0.4, 0.5) is 5.69 Å². The minimum atomic E-state index is -0.524. The Bertz CT molecular complexity index is 879. The van der Waals surface area contributed by atoms with Gasteiger partial charge in [-0.3, -0.25) is 25.2 Å². The van der Waals surface area contributed by atoms with E-state index in [2.05, 4.69) is 17.8 Å². The molecule has 146 valence electrons. The maximum absolute atomic E-state index is 12.4. The summed E-state index contributed by atoms with van der Waals surface area (Å²) in [5, 5.41) is 0. The molecule has 7 nitrogen and oxygen atoms in total. The van der Waals surface area contributed by atoms with Crippen LogP contribution >= 0.6 is 0 Å². The summed E-state index contributed by atoms with van der Waals surface area (Å²) in [4.78, 5) is 38.5. The summed E-state index contributed by atoms with van der Waals surface area (Å²) in [5.74, 6) is -0.932. The number of benzene rings is 2. The standard InChI is InChI=1S/C21H23N3O4/c1-3-14-7-9-17(10-8-14)24-13-16(12-19(24)25)21(27)23-22-20(26)15-5-4-6-18(11-15)28-2/h4-11,16H,3,12-13H2,1-2H3,(H,22,26)(H,23,27)/t16-/m0/s1. The number of ether oxygens (including phenoxy) is 1. The highest BCUT2D eigenvalue weighted by molar-refractivity contribution is 6.01. The molecular formula is C21H23N3O4. The van der Waals surface area contributed by atoms with Gasteiger partial charge in [-0.2, -0.15) is 0 Å². The zero-order valence-corrected chi connectivity index (χ0v) is 15.9. The summed E-state index contributed by atoms with van der Waals surface area (Å²) in [6, 6.07) is 14.3. The predicted octanol–water partition coefficient (Wildman–Crippen LogP) is 2.07. The number of nitrogens with one attached hydrogen (secondary N) is 2. The lowest BCUT2D eigenvalue weighted by atomic mass is 10.1. The Balaban J connectivity index is 1.57. The minimum absolute atomic E-state index is 0.108. The monoisotopic (exact) mass is 381 g/mol. The van der Waals surface area contributed by atoms with Crippen LogP contribution < -0.4 is 20.5 Å². The molecule has 0 saturated carbocycles. The molecule has 0 spiro atoms. The maximum atomic E-state index is 12.4. The SMILES string of the molecule is CCc1ccc(N2C[C@@H](C(=O)NNC(=O)c3cccc(OC)c3)CC2=O)cc1. The maximum Gasteiger partial charge on any atom is 0.269 e. The molecule has 3 rings (SSSR count). The van der Waals surface area contributed by atoms with E-state index < -0.39 is 17.7 Å². The van der Waals surface area contributed by atoms with Crippen LogP contribution in [0.25, 0.3) is 0 Å². The first-order valence-corrected chi connectivity index (χ1v) is 9.15. The number of carbonyl (C=O) groups is 3. The summed E-state index contributed by atoms with van der Waals surface area (Å²) < 4.78 is 5.08. The van der Waals surface area contributed by atoms with Crippen molar-refractivity contribution in [3.8, 4) is 5.75 Å². The third kappa shape index (κ3) is 4.31. The summed E-state index contributed by atoms with van der Waals surface area (Å²) in [6.45, 7) is 2.35. The molecule has 1 aliphatic rings. The van der Waals surface area contributed by atoms with E-state index in [1.54, 1.807) is 29.2 Å². The van der Waals surface area contributed by atoms with E-state index >= 15 is 0 Å². The first-order valence-electron chi connectivity index (χ1n) is 9.15. The van der Waals surface area contributed by atoms with Crippen LogP contribution in [0.3, 0.4) is 0 Å². The number of hydrogen-bond donors (Lipinski definition) is 2. The molecule has 0 unspecified atom stereocenters. The fraction of sp³-hybridized carbons (Fsp3) is 0.286. The topological polar surface area (TPSA) is 87.7 Å². The highest BCUT2D eigenvalue weighted by Crippen LogP contribution is 2.25. The van der Waals surface area contributed by atoms with Gasteiger partial charge in [0, 0.05) is 24.2 Å². The first kappa shape index (κ1) is 19.4. The zero-order valence-electron chi connectivity index (χ0n) is 15.9. The molecule has 7 heteroatoms. The lowest BCUT2D eigenvalue weighted by Gasteiger charge is -2.17. The molecule has 2 N–H and O–H groups in total. The molecule has 1 atom stereocenters. The molecule has 2 aromatic rings. The number of aryl methyl sites for hydroxylation is 1. The number of hydrogen-bond acceptors (Lipinski definition) is 4. The summed E-state index contributed by atoms with van der Waals surface area (Å²) in [6.07, 6.45) is 1.03. The van der Waals surface area contributed by atoms with E-state index in [4.69, 9.17) is 4.74 Å². The second-order valence-electron chi connectivity index (χ2n) is 6.60. The Morgan fingerprint density at radius 3 is 2.57 bits per heavy atom. The predicted molar refractivity (Wildman–Crippen MR) is 105 cm³/mol. The van der Waals surface area contributed by atoms with Gasteiger partial charge in [0.15, 0.2) is 0 Å². The molecule has 3 amide bonds. The van der Waals surface area contributed by atoms with Crippen LogP contribution in [-0.2, 0) is 16.0 Å². The highest BCUT2D eigenvalue weighted by atomic mass is 16.5. The van der Waals surface area contributed by atoms with Crippen molar-refractivity contribution in [3.05, 3.63) is 59.7 Å². The number of carbonyl (C=O) groups excluding carboxylic acids is 3. The Kier molecular flexibility index (Phi) is 5.93. The number of methoxy groups -OCH3 is 1. The van der Waals surface area contributed by atoms with E-state index in [0.717, 1.165) is 12.1 Å². The Morgan fingerprint density at radius 2 is 1.89 bits per heavy atom. The molecular weight excluding hydrogens is 358 g/mol. The molecule has 1 fully saturated rings. The van der Waals surface area contributed by atoms with E-state index in [-0.39, 0.29) is 18.9 Å². The van der Waals surface area contributed by atoms with E-state index in [1.165, 1.54) is 12.7 Å². The van der Waals surface area contributed by atoms with Crippen LogP contribution in [0.2, 0.25) is 0 Å². The molecule has 1 aliphatic heterocycles. The Hall–Kier alpha value is -3.35. The smallest absolute Gasteiger partial charge is 0.269 e. The van der Waals surface area contributed by atoms with Crippen molar-refractivity contribution in [1.82, 2.24) is 10.9 Å². The third-order valence-corrected chi connectivity index (χ3v) is 4.78. The Labute approximate surface area is 163 Å². The molecule has 0 aliphatic carbocycles. The van der Waals surface area contributed by atoms with Gasteiger partial charge < -0.3 is 9.64 Å². The van der Waals surface area contributed by atoms with Crippen molar-refractivity contribution < 1.29 is 19.1 Å². The molecule has 0 radical (unpaired) electrons. The summed E-state index contributed by atoms with van der Waals surface area (Å²) in [5.41, 5.74) is 7.12. The molecule has 28 heavy (non-hydrogen) atoms. The number of amides is 3. The van der Waals surface area contributed by atoms with Gasteiger partial charge in [0.2, 0.25) is 11.8 Å². The number of hydrazine groups is 1. The fourth-order valence-electron chi connectivity index (χ4n) is 3.10. The van der Waals surface area contributed by atoms with Gasteiger partial charge in [0.1, 0.15) is 5.75 Å². The van der Waals surface area contributed by atoms with Gasteiger partial charge in [0.05, 0.1) is 13.0 Å². The molecule has 2 aromatic carbocycles. The van der Waals surface area contributed by atoms with Crippen LogP contribution in [-0.4, -0.2) is 31.4 Å². The third-order valence-electron chi connectivity index (χ3n) is 4.78. The van der Waals surface area contributed by atoms with Crippen molar-refractivity contribution in [2.24, 2.45) is 5.92 Å². The zero-order chi connectivity index (χ0) is 20.1. The van der Waals surface area contributed by atoms with E-state index in [9.17, 15) is 14.4 Å². The van der Waals surface area contributed by atoms with Gasteiger partial charge >= 0.3 is 0 Å². The average molecular weight is 381 g/mol. The average Bonchev–Trinajstić information content (AvgIpc) is 3.13. The van der Waals surface area contributed by atoms with Crippen molar-refractivity contribution in [2.45, 2.75) is 19.8 Å². The number of nitrogens with zero attached hydrogens (tertiary/aromatic N) is 1. The van der Waals surface area contributed by atoms with Crippen molar-refractivity contribution in [1.29, 1.82) is 0 Å². The molecule has 1 saturated heterocycles. The summed E-state index contributed by atoms with van der Waals surface area (Å²) in [7, 11) is 1.51. The van der Waals surface area contributed by atoms with Crippen LogP contribution in [0, 0.1) is 5.92 Å². The molecule has 0 bridgehead atoms. The molecule has 1 heterocycles. The second kappa shape index (κ2) is 8.56. The quantitative estimate of drug-likeness (QED) is 0.776. The number of rotatable bonds is 5. The lowest BCUT2D eigenvalue weighted by Crippen LogP contribution is -2.45. The van der Waals surface area contributed by atoms with Gasteiger partial charge in [-0.05, 0) is 42.3 Å². The minimum Gasteiger partial charge on any atom is -0.497 e. The normalized spacial score (nSPS) is 16.0. The fourth-order valence-corrected chi connectivity index (χ4v) is 3.10. The molecule has 0 aromatic heterocycles. The number of anilines is 1. The highest BCUT2D eigenvalue weighted by Gasteiger charge is 2.35. The van der Waals surface area contributed by atoms with Gasteiger partial charge in [-0.15, -0.1) is 0 Å².